The van der Waals surface area contributed by atoms with Gasteiger partial charge in [0.25, 0.3) is 0 Å². The monoisotopic (exact) mass is 117 g/mol. The van der Waals surface area contributed by atoms with Gasteiger partial charge in [-0.3, -0.25) is 4.79 Å². The van der Waals surface area contributed by atoms with Crippen molar-refractivity contribution in [3.05, 3.63) is 0 Å². The molecular formula is C4H7NOS. The predicted octanol–water partition coefficient (Wildman–Crippen LogP) is 0.195. The Hall–Kier alpha value is -0.180. The summed E-state index contributed by atoms with van der Waals surface area (Å²) in [6.45, 7) is 1.91. The molecule has 1 saturated heterocycles. The van der Waals surface area contributed by atoms with Crippen molar-refractivity contribution in [3.8, 4) is 0 Å². The average Bonchev–Trinajstić information content (AvgIpc) is 1.91. The molecule has 0 bridgehead atoms. The van der Waals surface area contributed by atoms with Gasteiger partial charge in [0.15, 0.2) is 0 Å². The summed E-state index contributed by atoms with van der Waals surface area (Å²) in [5.74, 6) is 0.963. The smallest absolute Gasteiger partial charge is 0.233 e. The standard InChI is InChI=1S/C4H7NOS/c1-3-4(6)5-2-7-3/h3H,2H2,1H3,(H,5,6). The van der Waals surface area contributed by atoms with Crippen LogP contribution in [0, 0.1) is 0 Å². The predicted molar refractivity (Wildman–Crippen MR) is 30.1 cm³/mol. The maximum atomic E-state index is 10.4. The summed E-state index contributed by atoms with van der Waals surface area (Å²) >= 11 is 1.64. The SMILES string of the molecule is CC1SCNC1=O. The van der Waals surface area contributed by atoms with Crippen molar-refractivity contribution < 1.29 is 4.79 Å². The first kappa shape index (κ1) is 4.97. The van der Waals surface area contributed by atoms with E-state index in [-0.39, 0.29) is 11.2 Å². The topological polar surface area (TPSA) is 29.1 Å². The first-order valence-corrected chi connectivity index (χ1v) is 3.25. The third-order valence-electron chi connectivity index (χ3n) is 0.949. The molecule has 40 valence electrons. The van der Waals surface area contributed by atoms with Crippen LogP contribution >= 0.6 is 11.8 Å². The maximum absolute atomic E-state index is 10.4. The zero-order valence-corrected chi connectivity index (χ0v) is 4.92. The lowest BCUT2D eigenvalue weighted by atomic mass is 10.5. The summed E-state index contributed by atoms with van der Waals surface area (Å²) in [4.78, 5) is 10.4. The minimum Gasteiger partial charge on any atom is -0.346 e. The van der Waals surface area contributed by atoms with E-state index >= 15 is 0 Å². The Morgan fingerprint density at radius 2 is 2.71 bits per heavy atom. The first-order chi connectivity index (χ1) is 3.30. The quantitative estimate of drug-likeness (QED) is 0.491. The molecule has 0 aromatic rings. The van der Waals surface area contributed by atoms with Gasteiger partial charge < -0.3 is 5.32 Å². The van der Waals surface area contributed by atoms with Gasteiger partial charge in [0.2, 0.25) is 5.91 Å². The summed E-state index contributed by atoms with van der Waals surface area (Å²) in [7, 11) is 0. The van der Waals surface area contributed by atoms with Gasteiger partial charge >= 0.3 is 0 Å². The van der Waals surface area contributed by atoms with Crippen molar-refractivity contribution >= 4 is 17.7 Å². The number of rotatable bonds is 0. The highest BCUT2D eigenvalue weighted by molar-refractivity contribution is 8.01. The van der Waals surface area contributed by atoms with Crippen LogP contribution in [0.25, 0.3) is 0 Å². The third kappa shape index (κ3) is 0.881. The van der Waals surface area contributed by atoms with Gasteiger partial charge in [-0.1, -0.05) is 0 Å². The molecule has 0 saturated carbocycles. The van der Waals surface area contributed by atoms with E-state index in [1.807, 2.05) is 6.92 Å². The zero-order valence-electron chi connectivity index (χ0n) is 4.10. The molecule has 1 unspecified atom stereocenters. The van der Waals surface area contributed by atoms with E-state index in [1.165, 1.54) is 0 Å². The number of hydrogen-bond acceptors (Lipinski definition) is 2. The van der Waals surface area contributed by atoms with E-state index in [0.29, 0.717) is 0 Å². The lowest BCUT2D eigenvalue weighted by Gasteiger charge is -1.89. The minimum absolute atomic E-state index is 0.171. The van der Waals surface area contributed by atoms with Crippen molar-refractivity contribution in [2.75, 3.05) is 5.88 Å². The fourth-order valence-electron chi connectivity index (χ4n) is 0.457. The maximum Gasteiger partial charge on any atom is 0.233 e. The Kier molecular flexibility index (Phi) is 1.23. The van der Waals surface area contributed by atoms with Crippen LogP contribution in [-0.2, 0) is 4.79 Å². The van der Waals surface area contributed by atoms with Crippen LogP contribution in [0.2, 0.25) is 0 Å². The fraction of sp³-hybridized carbons (Fsp3) is 0.750. The van der Waals surface area contributed by atoms with Crippen molar-refractivity contribution in [2.24, 2.45) is 0 Å². The highest BCUT2D eigenvalue weighted by Crippen LogP contribution is 2.13. The van der Waals surface area contributed by atoms with E-state index < -0.39 is 0 Å². The molecule has 1 aliphatic rings. The Labute approximate surface area is 46.7 Å². The molecule has 1 heterocycles. The summed E-state index contributed by atoms with van der Waals surface area (Å²) in [5.41, 5.74) is 0. The molecule has 1 atom stereocenters. The van der Waals surface area contributed by atoms with Crippen LogP contribution in [-0.4, -0.2) is 17.0 Å². The number of carbonyl (C=O) groups excluding carboxylic acids is 1. The van der Waals surface area contributed by atoms with Gasteiger partial charge in [0.05, 0.1) is 11.1 Å². The van der Waals surface area contributed by atoms with E-state index in [2.05, 4.69) is 5.32 Å². The third-order valence-corrected chi connectivity index (χ3v) is 1.97. The molecule has 3 heteroatoms. The molecule has 1 fully saturated rings. The van der Waals surface area contributed by atoms with Crippen molar-refractivity contribution in [3.63, 3.8) is 0 Å². The lowest BCUT2D eigenvalue weighted by Crippen LogP contribution is -2.19. The van der Waals surface area contributed by atoms with E-state index in [1.54, 1.807) is 11.8 Å². The van der Waals surface area contributed by atoms with E-state index in [0.717, 1.165) is 5.88 Å². The summed E-state index contributed by atoms with van der Waals surface area (Å²) in [6, 6.07) is 0. The van der Waals surface area contributed by atoms with Gasteiger partial charge in [-0.15, -0.1) is 11.8 Å². The van der Waals surface area contributed by atoms with Crippen LogP contribution in [0.1, 0.15) is 6.92 Å². The van der Waals surface area contributed by atoms with E-state index in [9.17, 15) is 4.79 Å². The largest absolute Gasteiger partial charge is 0.346 e. The number of hydrogen-bond donors (Lipinski definition) is 1. The molecule has 7 heavy (non-hydrogen) atoms. The average molecular weight is 117 g/mol. The van der Waals surface area contributed by atoms with Gasteiger partial charge in [-0.2, -0.15) is 0 Å². The second-order valence-corrected chi connectivity index (χ2v) is 2.82. The van der Waals surface area contributed by atoms with Crippen LogP contribution in [0.15, 0.2) is 0 Å². The second kappa shape index (κ2) is 1.74. The zero-order chi connectivity index (χ0) is 5.28. The van der Waals surface area contributed by atoms with Crippen LogP contribution in [0.3, 0.4) is 0 Å². The summed E-state index contributed by atoms with van der Waals surface area (Å²) < 4.78 is 0. The van der Waals surface area contributed by atoms with Gasteiger partial charge in [0.1, 0.15) is 0 Å². The molecule has 1 aliphatic heterocycles. The van der Waals surface area contributed by atoms with Crippen LogP contribution in [0.4, 0.5) is 0 Å². The lowest BCUT2D eigenvalue weighted by molar-refractivity contribution is -0.119. The van der Waals surface area contributed by atoms with Crippen molar-refractivity contribution in [1.29, 1.82) is 0 Å². The molecule has 1 rings (SSSR count). The highest BCUT2D eigenvalue weighted by Gasteiger charge is 2.18. The molecule has 1 amide bonds. The Bertz CT molecular complexity index is 93.7. The first-order valence-electron chi connectivity index (χ1n) is 2.20. The Morgan fingerprint density at radius 1 is 2.00 bits per heavy atom. The molecule has 0 aromatic heterocycles. The van der Waals surface area contributed by atoms with E-state index in [4.69, 9.17) is 0 Å². The molecule has 0 radical (unpaired) electrons. The molecule has 1 N–H and O–H groups in total. The van der Waals surface area contributed by atoms with Crippen LogP contribution in [0.5, 0.6) is 0 Å². The molecule has 0 aliphatic carbocycles. The highest BCUT2D eigenvalue weighted by atomic mass is 32.2. The normalized spacial score (nSPS) is 30.4. The number of carbonyl (C=O) groups is 1. The Morgan fingerprint density at radius 3 is 2.86 bits per heavy atom. The van der Waals surface area contributed by atoms with Crippen LogP contribution < -0.4 is 5.32 Å². The molecule has 0 aromatic carbocycles. The summed E-state index contributed by atoms with van der Waals surface area (Å²) in [6.07, 6.45) is 0. The number of thioether (sulfide) groups is 1. The summed E-state index contributed by atoms with van der Waals surface area (Å²) in [5, 5.41) is 2.87. The second-order valence-electron chi connectivity index (χ2n) is 1.49. The van der Waals surface area contributed by atoms with Gasteiger partial charge in [-0.25, -0.2) is 0 Å². The minimum atomic E-state index is 0.171. The van der Waals surface area contributed by atoms with Crippen molar-refractivity contribution in [1.82, 2.24) is 5.32 Å². The molecule has 0 spiro atoms. The molecule has 2 nitrogen and oxygen atoms in total. The van der Waals surface area contributed by atoms with Gasteiger partial charge in [-0.05, 0) is 6.92 Å². The Balaban J connectivity index is 2.48. The number of nitrogens with one attached hydrogen (secondary N) is 1. The number of amides is 1. The molecular weight excluding hydrogens is 110 g/mol. The fourth-order valence-corrected chi connectivity index (χ4v) is 1.17. The van der Waals surface area contributed by atoms with Gasteiger partial charge in [0, 0.05) is 0 Å². The van der Waals surface area contributed by atoms with Crippen molar-refractivity contribution in [2.45, 2.75) is 12.2 Å².